The number of likely N-dealkylation sites (tertiary alicyclic amines) is 1. The van der Waals surface area contributed by atoms with Crippen LogP contribution in [-0.4, -0.2) is 55.0 Å². The Morgan fingerprint density at radius 1 is 1.10 bits per heavy atom. The standard InChI is InChI=1S/C16H30N2O3/c1-15(2,3)14(19)18-8-6-12(7-9-18)17-13-10-20-16(4,5)21-11-13/h12-13,17H,6-11H2,1-5H3. The third-order valence-electron chi connectivity index (χ3n) is 4.16. The molecule has 2 rings (SSSR count). The van der Waals surface area contributed by atoms with Gasteiger partial charge in [0.15, 0.2) is 5.79 Å². The van der Waals surface area contributed by atoms with Crippen molar-refractivity contribution in [1.29, 1.82) is 0 Å². The van der Waals surface area contributed by atoms with Gasteiger partial charge in [0.25, 0.3) is 0 Å². The van der Waals surface area contributed by atoms with Gasteiger partial charge in [-0.25, -0.2) is 0 Å². The Bertz CT molecular complexity index is 358. The summed E-state index contributed by atoms with van der Waals surface area (Å²) in [6.45, 7) is 12.9. The molecule has 2 aliphatic heterocycles. The smallest absolute Gasteiger partial charge is 0.227 e. The molecule has 2 saturated heterocycles. The average molecular weight is 298 g/mol. The Balaban J connectivity index is 1.74. The van der Waals surface area contributed by atoms with Crippen LogP contribution in [0.4, 0.5) is 0 Å². The molecule has 0 aliphatic carbocycles. The SMILES string of the molecule is CC1(C)OCC(NC2CCN(C(=O)C(C)(C)C)CC2)CO1. The van der Waals surface area contributed by atoms with Gasteiger partial charge in [0.2, 0.25) is 5.91 Å². The van der Waals surface area contributed by atoms with Crippen molar-refractivity contribution in [2.75, 3.05) is 26.3 Å². The van der Waals surface area contributed by atoms with E-state index in [1.165, 1.54) is 0 Å². The molecule has 0 atom stereocenters. The van der Waals surface area contributed by atoms with E-state index in [0.29, 0.717) is 19.3 Å². The average Bonchev–Trinajstić information content (AvgIpc) is 2.40. The lowest BCUT2D eigenvalue weighted by atomic mass is 9.93. The van der Waals surface area contributed by atoms with Crippen LogP contribution in [0.2, 0.25) is 0 Å². The third-order valence-corrected chi connectivity index (χ3v) is 4.16. The zero-order valence-corrected chi connectivity index (χ0v) is 14.1. The van der Waals surface area contributed by atoms with Crippen LogP contribution in [0.15, 0.2) is 0 Å². The molecule has 5 heteroatoms. The summed E-state index contributed by atoms with van der Waals surface area (Å²) in [5.74, 6) is -0.201. The molecule has 0 spiro atoms. The largest absolute Gasteiger partial charge is 0.349 e. The van der Waals surface area contributed by atoms with Crippen LogP contribution in [0.3, 0.4) is 0 Å². The van der Waals surface area contributed by atoms with Gasteiger partial charge in [-0.15, -0.1) is 0 Å². The molecule has 0 aromatic heterocycles. The first-order valence-electron chi connectivity index (χ1n) is 8.01. The fraction of sp³-hybridized carbons (Fsp3) is 0.938. The van der Waals surface area contributed by atoms with Crippen LogP contribution in [0.25, 0.3) is 0 Å². The highest BCUT2D eigenvalue weighted by Crippen LogP contribution is 2.22. The summed E-state index contributed by atoms with van der Waals surface area (Å²) >= 11 is 0. The minimum absolute atomic E-state index is 0.257. The minimum atomic E-state index is -0.458. The number of piperidine rings is 1. The van der Waals surface area contributed by atoms with E-state index in [1.54, 1.807) is 0 Å². The maximum Gasteiger partial charge on any atom is 0.227 e. The zero-order chi connectivity index (χ0) is 15.7. The van der Waals surface area contributed by atoms with Crippen LogP contribution in [-0.2, 0) is 14.3 Å². The van der Waals surface area contributed by atoms with Gasteiger partial charge in [-0.2, -0.15) is 0 Å². The Kier molecular flexibility index (Phi) is 4.96. The van der Waals surface area contributed by atoms with Crippen molar-refractivity contribution in [1.82, 2.24) is 10.2 Å². The molecule has 2 heterocycles. The van der Waals surface area contributed by atoms with Crippen molar-refractivity contribution in [3.8, 4) is 0 Å². The molecule has 21 heavy (non-hydrogen) atoms. The number of carbonyl (C=O) groups is 1. The van der Waals surface area contributed by atoms with Gasteiger partial charge in [-0.05, 0) is 26.7 Å². The summed E-state index contributed by atoms with van der Waals surface area (Å²) in [6, 6.07) is 0.709. The number of ether oxygens (including phenoxy) is 2. The van der Waals surface area contributed by atoms with E-state index in [4.69, 9.17) is 9.47 Å². The fourth-order valence-electron chi connectivity index (χ4n) is 2.85. The van der Waals surface area contributed by atoms with Gasteiger partial charge in [0, 0.05) is 24.5 Å². The van der Waals surface area contributed by atoms with Crippen molar-refractivity contribution < 1.29 is 14.3 Å². The summed E-state index contributed by atoms with van der Waals surface area (Å²) in [5.41, 5.74) is -0.281. The lowest BCUT2D eigenvalue weighted by molar-refractivity contribution is -0.253. The third kappa shape index (κ3) is 4.66. The monoisotopic (exact) mass is 298 g/mol. The molecule has 0 aromatic rings. The number of nitrogens with one attached hydrogen (secondary N) is 1. The number of nitrogens with zero attached hydrogens (tertiary/aromatic N) is 1. The number of carbonyl (C=O) groups excluding carboxylic acids is 1. The molecule has 0 radical (unpaired) electrons. The van der Waals surface area contributed by atoms with E-state index in [1.807, 2.05) is 39.5 Å². The summed E-state index contributed by atoms with van der Waals surface area (Å²) in [4.78, 5) is 14.2. The van der Waals surface area contributed by atoms with Crippen LogP contribution < -0.4 is 5.32 Å². The van der Waals surface area contributed by atoms with Crippen LogP contribution in [0, 0.1) is 5.41 Å². The molecular weight excluding hydrogens is 268 g/mol. The first-order chi connectivity index (χ1) is 9.67. The highest BCUT2D eigenvalue weighted by molar-refractivity contribution is 5.81. The number of amides is 1. The second-order valence-corrected chi connectivity index (χ2v) is 7.70. The predicted molar refractivity (Wildman–Crippen MR) is 82.0 cm³/mol. The van der Waals surface area contributed by atoms with Gasteiger partial charge in [0.1, 0.15) is 0 Å². The lowest BCUT2D eigenvalue weighted by Crippen LogP contribution is -2.54. The van der Waals surface area contributed by atoms with E-state index >= 15 is 0 Å². The number of hydrogen-bond acceptors (Lipinski definition) is 4. The van der Waals surface area contributed by atoms with E-state index in [0.717, 1.165) is 25.9 Å². The molecule has 2 aliphatic rings. The van der Waals surface area contributed by atoms with Crippen LogP contribution in [0.1, 0.15) is 47.5 Å². The van der Waals surface area contributed by atoms with Crippen LogP contribution in [0.5, 0.6) is 0 Å². The molecule has 0 aromatic carbocycles. The topological polar surface area (TPSA) is 50.8 Å². The zero-order valence-electron chi connectivity index (χ0n) is 14.1. The van der Waals surface area contributed by atoms with Gasteiger partial charge in [-0.3, -0.25) is 4.79 Å². The lowest BCUT2D eigenvalue weighted by Gasteiger charge is -2.40. The van der Waals surface area contributed by atoms with Crippen molar-refractivity contribution in [3.05, 3.63) is 0 Å². The first kappa shape index (κ1) is 16.7. The molecule has 0 unspecified atom stereocenters. The Hall–Kier alpha value is -0.650. The minimum Gasteiger partial charge on any atom is -0.349 e. The van der Waals surface area contributed by atoms with Crippen molar-refractivity contribution in [2.24, 2.45) is 5.41 Å². The molecule has 122 valence electrons. The number of rotatable bonds is 2. The van der Waals surface area contributed by atoms with Crippen molar-refractivity contribution in [3.63, 3.8) is 0 Å². The highest BCUT2D eigenvalue weighted by Gasteiger charge is 2.33. The molecule has 1 N–H and O–H groups in total. The Labute approximate surface area is 128 Å². The van der Waals surface area contributed by atoms with E-state index in [9.17, 15) is 4.79 Å². The quantitative estimate of drug-likeness (QED) is 0.844. The van der Waals surface area contributed by atoms with Crippen molar-refractivity contribution >= 4 is 5.91 Å². The van der Waals surface area contributed by atoms with Crippen LogP contribution >= 0.6 is 0 Å². The van der Waals surface area contributed by atoms with E-state index in [2.05, 4.69) is 5.32 Å². The molecule has 0 saturated carbocycles. The normalized spacial score (nSPS) is 25.1. The van der Waals surface area contributed by atoms with Gasteiger partial charge in [-0.1, -0.05) is 20.8 Å². The molecule has 5 nitrogen and oxygen atoms in total. The molecular formula is C16H30N2O3. The Morgan fingerprint density at radius 3 is 2.10 bits per heavy atom. The summed E-state index contributed by atoms with van der Waals surface area (Å²) in [7, 11) is 0. The summed E-state index contributed by atoms with van der Waals surface area (Å²) in [6.07, 6.45) is 2.00. The first-order valence-corrected chi connectivity index (χ1v) is 8.01. The van der Waals surface area contributed by atoms with Gasteiger partial charge in [0.05, 0.1) is 19.3 Å². The summed E-state index contributed by atoms with van der Waals surface area (Å²) < 4.78 is 11.3. The fourth-order valence-corrected chi connectivity index (χ4v) is 2.85. The highest BCUT2D eigenvalue weighted by atomic mass is 16.7. The van der Waals surface area contributed by atoms with Gasteiger partial charge < -0.3 is 19.7 Å². The molecule has 2 fully saturated rings. The predicted octanol–water partition coefficient (Wildman–Crippen LogP) is 1.76. The number of hydrogen-bond donors (Lipinski definition) is 1. The molecule has 1 amide bonds. The second-order valence-electron chi connectivity index (χ2n) is 7.70. The maximum atomic E-state index is 12.3. The van der Waals surface area contributed by atoms with Gasteiger partial charge >= 0.3 is 0 Å². The molecule has 0 bridgehead atoms. The van der Waals surface area contributed by atoms with E-state index in [-0.39, 0.29) is 17.4 Å². The van der Waals surface area contributed by atoms with Crippen molar-refractivity contribution in [2.45, 2.75) is 65.3 Å². The second kappa shape index (κ2) is 6.23. The van der Waals surface area contributed by atoms with E-state index < -0.39 is 5.79 Å². The maximum absolute atomic E-state index is 12.3. The summed E-state index contributed by atoms with van der Waals surface area (Å²) in [5, 5.41) is 3.61. The Morgan fingerprint density at radius 2 is 1.62 bits per heavy atom.